The second kappa shape index (κ2) is 14.7. The van der Waals surface area contributed by atoms with E-state index in [1.807, 2.05) is 26.0 Å². The lowest BCUT2D eigenvalue weighted by molar-refractivity contribution is -0.142. The molecule has 0 aromatic heterocycles. The summed E-state index contributed by atoms with van der Waals surface area (Å²) in [6.45, 7) is 7.52. The average Bonchev–Trinajstić information content (AvgIpc) is 3.38. The Kier molecular flexibility index (Phi) is 12.1. The number of carbonyl (C=O) groups excluding carboxylic acids is 4. The molecule has 1 aromatic rings. The van der Waals surface area contributed by atoms with E-state index < -0.39 is 30.3 Å². The molecule has 1 amide bonds. The summed E-state index contributed by atoms with van der Waals surface area (Å²) in [6, 6.07) is 6.81. The van der Waals surface area contributed by atoms with Gasteiger partial charge in [0, 0.05) is 43.3 Å². The Labute approximate surface area is 225 Å². The number of ketones is 3. The Bertz CT molecular complexity index is 1000. The molecule has 0 spiro atoms. The van der Waals surface area contributed by atoms with Gasteiger partial charge in [-0.1, -0.05) is 52.0 Å². The van der Waals surface area contributed by atoms with E-state index in [9.17, 15) is 23.6 Å². The second-order valence-corrected chi connectivity index (χ2v) is 10.9. The van der Waals surface area contributed by atoms with Gasteiger partial charge < -0.3 is 16.4 Å². The van der Waals surface area contributed by atoms with E-state index in [4.69, 9.17) is 11.5 Å². The fourth-order valence-corrected chi connectivity index (χ4v) is 4.97. The molecule has 8 nitrogen and oxygen atoms in total. The Morgan fingerprint density at radius 1 is 1.05 bits per heavy atom. The van der Waals surface area contributed by atoms with E-state index in [2.05, 4.69) is 18.8 Å². The zero-order valence-corrected chi connectivity index (χ0v) is 23.1. The van der Waals surface area contributed by atoms with Crippen molar-refractivity contribution < 1.29 is 23.6 Å². The van der Waals surface area contributed by atoms with Crippen molar-refractivity contribution in [3.8, 4) is 0 Å². The second-order valence-electron chi connectivity index (χ2n) is 10.9. The molecule has 1 saturated heterocycles. The summed E-state index contributed by atoms with van der Waals surface area (Å²) < 4.78 is 13.2. The Hall–Kier alpha value is -3.10. The van der Waals surface area contributed by atoms with Gasteiger partial charge in [0.15, 0.2) is 23.3 Å². The summed E-state index contributed by atoms with van der Waals surface area (Å²) >= 11 is 0. The number of halogens is 1. The quantitative estimate of drug-likeness (QED) is 0.153. The smallest absolute Gasteiger partial charge is 0.227 e. The standard InChI is InChI=1S/C29H43FN4O4/c1-18(2)20-9-11-21(12-10-20)25(35)16-23(19(3)4)28(38)34-14-6-8-24(34)26(36)15-22(27(37)17-30)7-5-13-33-29(31)32/h9-12,18-19,22-24H,5-8,13-17H2,1-4H3,(H4,31,32,33)/t22-,23+,24+/m1/s1. The molecule has 0 unspecified atom stereocenters. The summed E-state index contributed by atoms with van der Waals surface area (Å²) in [4.78, 5) is 57.6. The number of guanidine groups is 1. The minimum absolute atomic E-state index is 0.0582. The molecule has 1 aliphatic rings. The Morgan fingerprint density at radius 2 is 1.71 bits per heavy atom. The largest absolute Gasteiger partial charge is 0.370 e. The van der Waals surface area contributed by atoms with Gasteiger partial charge in [-0.15, -0.1) is 0 Å². The number of rotatable bonds is 15. The lowest BCUT2D eigenvalue weighted by atomic mass is 9.86. The molecule has 3 atom stereocenters. The van der Waals surface area contributed by atoms with Crippen molar-refractivity contribution in [2.24, 2.45) is 34.2 Å². The molecule has 1 heterocycles. The first-order chi connectivity index (χ1) is 18.0. The zero-order chi connectivity index (χ0) is 28.4. The SMILES string of the molecule is CC(C)c1ccc(C(=O)C[C@H](C(=O)N2CCC[C@H]2C(=O)C[C@@H](CCCN=C(N)N)C(=O)CF)C(C)C)cc1. The number of alkyl halides is 1. The summed E-state index contributed by atoms with van der Waals surface area (Å²) in [7, 11) is 0. The van der Waals surface area contributed by atoms with E-state index in [-0.39, 0.29) is 55.2 Å². The highest BCUT2D eigenvalue weighted by atomic mass is 19.1. The molecule has 0 radical (unpaired) electrons. The van der Waals surface area contributed by atoms with E-state index >= 15 is 0 Å². The number of aliphatic imine (C=N–C) groups is 1. The molecule has 1 aromatic carbocycles. The molecule has 0 saturated carbocycles. The lowest BCUT2D eigenvalue weighted by Crippen LogP contribution is -2.45. The zero-order valence-electron chi connectivity index (χ0n) is 23.1. The van der Waals surface area contributed by atoms with Gasteiger partial charge in [0.25, 0.3) is 0 Å². The number of hydrogen-bond acceptors (Lipinski definition) is 5. The predicted octanol–water partition coefficient (Wildman–Crippen LogP) is 3.81. The van der Waals surface area contributed by atoms with Crippen LogP contribution >= 0.6 is 0 Å². The van der Waals surface area contributed by atoms with Gasteiger partial charge in [0.2, 0.25) is 5.91 Å². The van der Waals surface area contributed by atoms with Gasteiger partial charge in [-0.25, -0.2) is 4.39 Å². The number of hydrogen-bond donors (Lipinski definition) is 2. The monoisotopic (exact) mass is 530 g/mol. The molecule has 2 rings (SSSR count). The topological polar surface area (TPSA) is 136 Å². The highest BCUT2D eigenvalue weighted by Gasteiger charge is 2.39. The van der Waals surface area contributed by atoms with Crippen molar-refractivity contribution in [3.05, 3.63) is 35.4 Å². The predicted molar refractivity (Wildman–Crippen MR) is 147 cm³/mol. The number of benzene rings is 1. The minimum Gasteiger partial charge on any atom is -0.370 e. The molecule has 1 fully saturated rings. The van der Waals surface area contributed by atoms with Crippen LogP contribution in [0.15, 0.2) is 29.3 Å². The van der Waals surface area contributed by atoms with Gasteiger partial charge in [-0.2, -0.15) is 0 Å². The van der Waals surface area contributed by atoms with Gasteiger partial charge in [-0.3, -0.25) is 24.2 Å². The van der Waals surface area contributed by atoms with Crippen molar-refractivity contribution in [2.75, 3.05) is 19.8 Å². The maximum atomic E-state index is 13.6. The molecular weight excluding hydrogens is 487 g/mol. The lowest BCUT2D eigenvalue weighted by Gasteiger charge is -2.30. The maximum absolute atomic E-state index is 13.6. The van der Waals surface area contributed by atoms with Crippen molar-refractivity contribution >= 4 is 29.2 Å². The number of nitrogens with two attached hydrogens (primary N) is 2. The van der Waals surface area contributed by atoms with Crippen LogP contribution in [0.4, 0.5) is 4.39 Å². The number of Topliss-reactive ketones (excluding diaryl/α,β-unsaturated/α-hetero) is 3. The number of likely N-dealkylation sites (tertiary alicyclic amines) is 1. The first-order valence-electron chi connectivity index (χ1n) is 13.6. The van der Waals surface area contributed by atoms with Crippen LogP contribution < -0.4 is 11.5 Å². The highest BCUT2D eigenvalue weighted by Crippen LogP contribution is 2.29. The molecule has 4 N–H and O–H groups in total. The third kappa shape index (κ3) is 8.74. The summed E-state index contributed by atoms with van der Waals surface area (Å²) in [5.41, 5.74) is 12.3. The Balaban J connectivity index is 2.10. The molecule has 9 heteroatoms. The van der Waals surface area contributed by atoms with Crippen LogP contribution in [0.5, 0.6) is 0 Å². The maximum Gasteiger partial charge on any atom is 0.227 e. The number of carbonyl (C=O) groups is 4. The summed E-state index contributed by atoms with van der Waals surface area (Å²) in [5.74, 6) is -2.37. The fourth-order valence-electron chi connectivity index (χ4n) is 4.97. The number of nitrogens with zero attached hydrogens (tertiary/aromatic N) is 2. The van der Waals surface area contributed by atoms with Gasteiger partial charge in [0.1, 0.15) is 6.67 Å². The molecule has 1 aliphatic heterocycles. The van der Waals surface area contributed by atoms with Crippen molar-refractivity contribution in [3.63, 3.8) is 0 Å². The summed E-state index contributed by atoms with van der Waals surface area (Å²) in [6.07, 6.45) is 1.79. The first kappa shape index (κ1) is 31.1. The van der Waals surface area contributed by atoms with Gasteiger partial charge in [0.05, 0.1) is 6.04 Å². The first-order valence-corrected chi connectivity index (χ1v) is 13.6. The fraction of sp³-hybridized carbons (Fsp3) is 0.621. The van der Waals surface area contributed by atoms with Crippen LogP contribution in [0.25, 0.3) is 0 Å². The Morgan fingerprint density at radius 3 is 2.26 bits per heavy atom. The summed E-state index contributed by atoms with van der Waals surface area (Å²) in [5, 5.41) is 0. The normalized spacial score (nSPS) is 16.9. The molecule has 210 valence electrons. The van der Waals surface area contributed by atoms with E-state index in [1.165, 1.54) is 0 Å². The molecule has 0 aliphatic carbocycles. The van der Waals surface area contributed by atoms with Crippen LogP contribution in [0.1, 0.15) is 88.1 Å². The molecule has 38 heavy (non-hydrogen) atoms. The third-order valence-electron chi connectivity index (χ3n) is 7.37. The average molecular weight is 531 g/mol. The highest BCUT2D eigenvalue weighted by molar-refractivity contribution is 5.99. The third-order valence-corrected chi connectivity index (χ3v) is 7.37. The van der Waals surface area contributed by atoms with E-state index in [0.717, 1.165) is 5.56 Å². The van der Waals surface area contributed by atoms with Gasteiger partial charge in [-0.05, 0) is 43.1 Å². The van der Waals surface area contributed by atoms with E-state index in [0.29, 0.717) is 37.3 Å². The van der Waals surface area contributed by atoms with E-state index in [1.54, 1.807) is 17.0 Å². The van der Waals surface area contributed by atoms with Crippen LogP contribution in [-0.4, -0.2) is 59.9 Å². The minimum atomic E-state index is -1.15. The molecule has 0 bridgehead atoms. The number of amides is 1. The van der Waals surface area contributed by atoms with Crippen molar-refractivity contribution in [1.82, 2.24) is 4.90 Å². The van der Waals surface area contributed by atoms with Crippen LogP contribution in [0, 0.1) is 17.8 Å². The van der Waals surface area contributed by atoms with Crippen LogP contribution in [-0.2, 0) is 14.4 Å². The molecular formula is C29H43FN4O4. The van der Waals surface area contributed by atoms with Crippen molar-refractivity contribution in [1.29, 1.82) is 0 Å². The van der Waals surface area contributed by atoms with Crippen LogP contribution in [0.3, 0.4) is 0 Å². The van der Waals surface area contributed by atoms with Gasteiger partial charge >= 0.3 is 0 Å². The van der Waals surface area contributed by atoms with Crippen molar-refractivity contribution in [2.45, 2.75) is 78.2 Å². The van der Waals surface area contributed by atoms with Crippen LogP contribution in [0.2, 0.25) is 0 Å².